The summed E-state index contributed by atoms with van der Waals surface area (Å²) in [6.45, 7) is 4.55. The zero-order chi connectivity index (χ0) is 18.1. The normalized spacial score (nSPS) is 13.5. The molecule has 0 saturated carbocycles. The Balaban J connectivity index is 1.84. The molecule has 7 heteroatoms. The van der Waals surface area contributed by atoms with Crippen molar-refractivity contribution in [1.29, 1.82) is 0 Å². The Hall–Kier alpha value is -2.41. The fraction of sp³-hybridized carbons (Fsp3) is 0.278. The van der Waals surface area contributed by atoms with E-state index >= 15 is 0 Å². The minimum Gasteiger partial charge on any atom is -0.488 e. The summed E-state index contributed by atoms with van der Waals surface area (Å²) >= 11 is 3.30. The lowest BCUT2D eigenvalue weighted by atomic mass is 10.1. The van der Waals surface area contributed by atoms with E-state index in [1.165, 1.54) is 17.2 Å². The van der Waals surface area contributed by atoms with Gasteiger partial charge in [0.05, 0.1) is 24.4 Å². The second kappa shape index (κ2) is 6.84. The van der Waals surface area contributed by atoms with E-state index in [1.807, 2.05) is 13.8 Å². The molecule has 3 rings (SSSR count). The van der Waals surface area contributed by atoms with Crippen molar-refractivity contribution < 1.29 is 14.3 Å². The molecule has 1 N–H and O–H groups in total. The number of hydrogen-bond donors (Lipinski definition) is 1. The van der Waals surface area contributed by atoms with Gasteiger partial charge in [-0.2, -0.15) is 0 Å². The van der Waals surface area contributed by atoms with Crippen molar-refractivity contribution in [2.24, 2.45) is 5.92 Å². The van der Waals surface area contributed by atoms with Gasteiger partial charge in [0.2, 0.25) is 5.43 Å². The number of rotatable bonds is 5. The number of nitrogens with one attached hydrogen (secondary N) is 1. The second-order valence-electron chi connectivity index (χ2n) is 6.27. The maximum Gasteiger partial charge on any atom is 0.299 e. The Bertz CT molecular complexity index is 904. The predicted molar refractivity (Wildman–Crippen MR) is 97.1 cm³/mol. The maximum atomic E-state index is 12.3. The number of halogens is 1. The van der Waals surface area contributed by atoms with Crippen LogP contribution in [0.4, 0.5) is 5.69 Å². The van der Waals surface area contributed by atoms with Crippen LogP contribution in [0.25, 0.3) is 0 Å². The van der Waals surface area contributed by atoms with Gasteiger partial charge in [-0.15, -0.1) is 0 Å². The van der Waals surface area contributed by atoms with Crippen molar-refractivity contribution in [3.05, 3.63) is 56.4 Å². The number of anilines is 1. The van der Waals surface area contributed by atoms with Gasteiger partial charge in [-0.25, -0.2) is 0 Å². The Morgan fingerprint density at radius 3 is 2.64 bits per heavy atom. The Kier molecular flexibility index (Phi) is 4.76. The van der Waals surface area contributed by atoms with E-state index in [-0.39, 0.29) is 17.7 Å². The van der Waals surface area contributed by atoms with Crippen LogP contribution in [0, 0.1) is 5.92 Å². The highest BCUT2D eigenvalue weighted by Crippen LogP contribution is 2.32. The second-order valence-corrected chi connectivity index (χ2v) is 7.19. The summed E-state index contributed by atoms with van der Waals surface area (Å²) in [4.78, 5) is 40.8. The first-order chi connectivity index (χ1) is 11.9. The summed E-state index contributed by atoms with van der Waals surface area (Å²) in [7, 11) is 0. The molecule has 6 nitrogen and oxygen atoms in total. The third-order valence-corrected chi connectivity index (χ3v) is 4.26. The average molecular weight is 405 g/mol. The van der Waals surface area contributed by atoms with E-state index in [2.05, 4.69) is 20.9 Å². The third kappa shape index (κ3) is 3.51. The van der Waals surface area contributed by atoms with Gasteiger partial charge in [-0.05, 0) is 24.1 Å². The van der Waals surface area contributed by atoms with Crippen molar-refractivity contribution in [3.63, 3.8) is 0 Å². The highest BCUT2D eigenvalue weighted by Gasteiger charge is 2.35. The Morgan fingerprint density at radius 2 is 1.96 bits per heavy atom. The summed E-state index contributed by atoms with van der Waals surface area (Å²) < 4.78 is 6.18. The quantitative estimate of drug-likeness (QED) is 0.776. The van der Waals surface area contributed by atoms with Crippen LogP contribution in [0.2, 0.25) is 0 Å². The summed E-state index contributed by atoms with van der Waals surface area (Å²) in [6, 6.07) is 6.50. The number of ether oxygens (including phenoxy) is 1. The fourth-order valence-corrected chi connectivity index (χ4v) is 2.92. The van der Waals surface area contributed by atoms with Crippen molar-refractivity contribution in [3.8, 4) is 5.75 Å². The number of fused-ring (bicyclic) bond motifs is 1. The van der Waals surface area contributed by atoms with E-state index in [9.17, 15) is 14.4 Å². The molecule has 0 spiro atoms. The molecule has 0 fully saturated rings. The molecule has 2 aromatic rings. The minimum atomic E-state index is -0.603. The lowest BCUT2D eigenvalue weighted by Gasteiger charge is -2.16. The topological polar surface area (TPSA) is 79.5 Å². The van der Waals surface area contributed by atoms with Gasteiger partial charge in [-0.3, -0.25) is 19.3 Å². The standard InChI is InChI=1S/C18H17BrN2O4/c1-10(2)9-25-16-7-20-12(6-15(16)22)8-21-14-4-3-11(19)5-13(14)17(23)18(21)24/h3-7,10H,8-9H2,1-2H3,(H,20,22). The molecule has 1 aliphatic rings. The number of ketones is 1. The first-order valence-electron chi connectivity index (χ1n) is 7.87. The van der Waals surface area contributed by atoms with Gasteiger partial charge < -0.3 is 9.72 Å². The molecule has 2 heterocycles. The molecule has 0 unspecified atom stereocenters. The van der Waals surface area contributed by atoms with Crippen LogP contribution in [0.3, 0.4) is 0 Å². The highest BCUT2D eigenvalue weighted by molar-refractivity contribution is 9.10. The van der Waals surface area contributed by atoms with Crippen LogP contribution in [-0.2, 0) is 11.3 Å². The lowest BCUT2D eigenvalue weighted by molar-refractivity contribution is -0.114. The van der Waals surface area contributed by atoms with E-state index in [0.29, 0.717) is 29.5 Å². The Labute approximate surface area is 152 Å². The number of nitrogens with zero attached hydrogens (tertiary/aromatic N) is 1. The SMILES string of the molecule is CC(C)COc1c[nH]c(CN2C(=O)C(=O)c3cc(Br)ccc32)cc1=O. The average Bonchev–Trinajstić information content (AvgIpc) is 2.79. The number of hydrogen-bond acceptors (Lipinski definition) is 4. The molecule has 1 amide bonds. The molecule has 1 aromatic heterocycles. The number of Topliss-reactive ketones (excluding diaryl/α,β-unsaturated/α-hetero) is 1. The van der Waals surface area contributed by atoms with Crippen LogP contribution in [0.15, 0.2) is 39.7 Å². The molecule has 1 aromatic carbocycles. The summed E-state index contributed by atoms with van der Waals surface area (Å²) in [6.07, 6.45) is 1.49. The molecule has 0 aliphatic carbocycles. The lowest BCUT2D eigenvalue weighted by Crippen LogP contribution is -2.30. The monoisotopic (exact) mass is 404 g/mol. The van der Waals surface area contributed by atoms with Gasteiger partial charge in [0.25, 0.3) is 11.7 Å². The minimum absolute atomic E-state index is 0.110. The van der Waals surface area contributed by atoms with E-state index in [1.54, 1.807) is 18.2 Å². The number of carbonyl (C=O) groups excluding carboxylic acids is 2. The van der Waals surface area contributed by atoms with Crippen LogP contribution in [-0.4, -0.2) is 23.3 Å². The Morgan fingerprint density at radius 1 is 1.20 bits per heavy atom. The number of amides is 1. The number of aromatic amines is 1. The van der Waals surface area contributed by atoms with Gasteiger partial charge in [0.15, 0.2) is 5.75 Å². The number of aromatic nitrogens is 1. The van der Waals surface area contributed by atoms with Gasteiger partial charge in [0.1, 0.15) is 0 Å². The van der Waals surface area contributed by atoms with Crippen LogP contribution >= 0.6 is 15.9 Å². The van der Waals surface area contributed by atoms with Crippen LogP contribution < -0.4 is 15.1 Å². The highest BCUT2D eigenvalue weighted by atomic mass is 79.9. The van der Waals surface area contributed by atoms with Crippen molar-refractivity contribution in [1.82, 2.24) is 4.98 Å². The van der Waals surface area contributed by atoms with Crippen molar-refractivity contribution in [2.45, 2.75) is 20.4 Å². The van der Waals surface area contributed by atoms with Gasteiger partial charge in [-0.1, -0.05) is 29.8 Å². The zero-order valence-corrected chi connectivity index (χ0v) is 15.4. The molecule has 0 bridgehead atoms. The summed E-state index contributed by atoms with van der Waals surface area (Å²) in [5, 5.41) is 0. The van der Waals surface area contributed by atoms with Crippen molar-refractivity contribution in [2.75, 3.05) is 11.5 Å². The first-order valence-corrected chi connectivity index (χ1v) is 8.66. The molecule has 0 radical (unpaired) electrons. The molecular weight excluding hydrogens is 388 g/mol. The molecule has 0 saturated heterocycles. The maximum absolute atomic E-state index is 12.3. The van der Waals surface area contributed by atoms with E-state index in [0.717, 1.165) is 4.47 Å². The number of carbonyl (C=O) groups is 2. The molecule has 0 atom stereocenters. The smallest absolute Gasteiger partial charge is 0.299 e. The molecular formula is C18H17BrN2O4. The van der Waals surface area contributed by atoms with E-state index in [4.69, 9.17) is 4.74 Å². The third-order valence-electron chi connectivity index (χ3n) is 3.77. The van der Waals surface area contributed by atoms with Gasteiger partial charge >= 0.3 is 0 Å². The van der Waals surface area contributed by atoms with E-state index < -0.39 is 11.7 Å². The van der Waals surface area contributed by atoms with Gasteiger partial charge in [0, 0.05) is 22.4 Å². The largest absolute Gasteiger partial charge is 0.488 e. The van der Waals surface area contributed by atoms with Crippen molar-refractivity contribution >= 4 is 33.3 Å². The first kappa shape index (κ1) is 17.4. The van der Waals surface area contributed by atoms with Crippen LogP contribution in [0.1, 0.15) is 29.9 Å². The van der Waals surface area contributed by atoms with Crippen LogP contribution in [0.5, 0.6) is 5.75 Å². The number of pyridine rings is 1. The zero-order valence-electron chi connectivity index (χ0n) is 13.8. The fourth-order valence-electron chi connectivity index (χ4n) is 2.56. The molecule has 1 aliphatic heterocycles. The molecule has 130 valence electrons. The number of H-pyrrole nitrogens is 1. The molecule has 25 heavy (non-hydrogen) atoms. The number of benzene rings is 1. The summed E-state index contributed by atoms with van der Waals surface area (Å²) in [5.74, 6) is -0.599. The summed E-state index contributed by atoms with van der Waals surface area (Å²) in [5.41, 5.74) is 1.17. The predicted octanol–water partition coefficient (Wildman–Crippen LogP) is 2.90.